The molecular weight excluding hydrogens is 320 g/mol. The van der Waals surface area contributed by atoms with Gasteiger partial charge in [0.05, 0.1) is 5.70 Å². The number of rotatable bonds is 6. The molecule has 0 fully saturated rings. The van der Waals surface area contributed by atoms with Crippen LogP contribution in [0.15, 0.2) is 47.2 Å². The van der Waals surface area contributed by atoms with Gasteiger partial charge in [0.15, 0.2) is 0 Å². The largest absolute Gasteiger partial charge is 0.403 e. The summed E-state index contributed by atoms with van der Waals surface area (Å²) in [7, 11) is 2.21. The number of hydrogen-bond acceptors (Lipinski definition) is 3. The maximum Gasteiger partial charge on any atom is 0.0575 e. The van der Waals surface area contributed by atoms with Gasteiger partial charge in [0.2, 0.25) is 0 Å². The Labute approximate surface area is 156 Å². The second-order valence-corrected chi connectivity index (χ2v) is 7.28. The maximum absolute atomic E-state index is 5.78. The second-order valence-electron chi connectivity index (χ2n) is 7.28. The van der Waals surface area contributed by atoms with E-state index in [9.17, 15) is 0 Å². The molecule has 0 saturated heterocycles. The zero-order chi connectivity index (χ0) is 18.7. The third kappa shape index (κ3) is 3.75. The normalized spacial score (nSPS) is 15.7. The van der Waals surface area contributed by atoms with Gasteiger partial charge in [-0.3, -0.25) is 4.99 Å². The molecule has 4 heteroatoms. The summed E-state index contributed by atoms with van der Waals surface area (Å²) >= 11 is 0. The minimum atomic E-state index is 0.821. The Morgan fingerprint density at radius 2 is 2.19 bits per heavy atom. The lowest BCUT2D eigenvalue weighted by Gasteiger charge is -2.24. The van der Waals surface area contributed by atoms with Crippen molar-refractivity contribution in [1.29, 1.82) is 0 Å². The highest BCUT2D eigenvalue weighted by atomic mass is 15.1. The topological polar surface area (TPSA) is 46.5 Å². The monoisotopic (exact) mass is 350 g/mol. The van der Waals surface area contributed by atoms with Crippen LogP contribution in [0.3, 0.4) is 0 Å². The number of nitrogens with two attached hydrogens (primary N) is 1. The van der Waals surface area contributed by atoms with E-state index in [1.165, 1.54) is 27.7 Å². The Morgan fingerprint density at radius 1 is 1.38 bits per heavy atom. The minimum absolute atomic E-state index is 0.821. The van der Waals surface area contributed by atoms with Crippen molar-refractivity contribution in [2.24, 2.45) is 10.7 Å². The van der Waals surface area contributed by atoms with Crippen molar-refractivity contribution in [3.05, 3.63) is 59.1 Å². The summed E-state index contributed by atoms with van der Waals surface area (Å²) in [5, 5.41) is 1.41. The summed E-state index contributed by atoms with van der Waals surface area (Å²) in [6.45, 7) is 11.1. The summed E-state index contributed by atoms with van der Waals surface area (Å²) < 4.78 is 2.48. The zero-order valence-corrected chi connectivity index (χ0v) is 16.3. The van der Waals surface area contributed by atoms with Crippen molar-refractivity contribution in [2.45, 2.75) is 46.2 Å². The van der Waals surface area contributed by atoms with Crippen LogP contribution < -0.4 is 5.73 Å². The smallest absolute Gasteiger partial charge is 0.0575 e. The van der Waals surface area contributed by atoms with Gasteiger partial charge in [-0.1, -0.05) is 19.6 Å². The molecule has 0 spiro atoms. The number of allylic oxidation sites excluding steroid dienone is 2. The van der Waals surface area contributed by atoms with Crippen LogP contribution in [0.4, 0.5) is 0 Å². The van der Waals surface area contributed by atoms with Crippen LogP contribution in [0.25, 0.3) is 10.9 Å². The number of nitrogens with zero attached hydrogens (tertiary/aromatic N) is 3. The molecule has 4 nitrogen and oxygen atoms in total. The summed E-state index contributed by atoms with van der Waals surface area (Å²) in [6.07, 6.45) is 6.38. The van der Waals surface area contributed by atoms with Gasteiger partial charge in [-0.2, -0.15) is 0 Å². The number of hydrogen-bond donors (Lipinski definition) is 1. The summed E-state index contributed by atoms with van der Waals surface area (Å²) in [5.41, 5.74) is 13.3. The van der Waals surface area contributed by atoms with Crippen molar-refractivity contribution in [3.8, 4) is 0 Å². The van der Waals surface area contributed by atoms with Crippen LogP contribution >= 0.6 is 0 Å². The van der Waals surface area contributed by atoms with Crippen molar-refractivity contribution in [1.82, 2.24) is 9.47 Å². The van der Waals surface area contributed by atoms with Crippen molar-refractivity contribution < 1.29 is 0 Å². The molecule has 138 valence electrons. The Kier molecular flexibility index (Phi) is 5.62. The van der Waals surface area contributed by atoms with E-state index in [0.29, 0.717) is 0 Å². The van der Waals surface area contributed by atoms with Crippen molar-refractivity contribution in [3.63, 3.8) is 0 Å². The maximum atomic E-state index is 5.78. The van der Waals surface area contributed by atoms with Crippen LogP contribution in [-0.2, 0) is 25.9 Å². The highest BCUT2D eigenvalue weighted by Crippen LogP contribution is 2.32. The molecule has 0 atom stereocenters. The summed E-state index contributed by atoms with van der Waals surface area (Å²) in [4.78, 5) is 6.87. The zero-order valence-electron chi connectivity index (χ0n) is 16.3. The Morgan fingerprint density at radius 3 is 2.88 bits per heavy atom. The average Bonchev–Trinajstić information content (AvgIpc) is 2.94. The van der Waals surface area contributed by atoms with Crippen LogP contribution in [0, 0.1) is 0 Å². The van der Waals surface area contributed by atoms with Crippen molar-refractivity contribution >= 4 is 17.1 Å². The molecule has 0 unspecified atom stereocenters. The van der Waals surface area contributed by atoms with Crippen LogP contribution in [0.5, 0.6) is 0 Å². The number of aryl methyl sites for hydroxylation is 2. The number of aliphatic imine (C=N–C) groups is 1. The Balaban J connectivity index is 1.96. The van der Waals surface area contributed by atoms with E-state index in [0.717, 1.165) is 50.2 Å². The van der Waals surface area contributed by atoms with Crippen LogP contribution in [0.2, 0.25) is 0 Å². The van der Waals surface area contributed by atoms with E-state index in [2.05, 4.69) is 53.2 Å². The SMILES string of the molecule is C=C(C)C=N/C(=C\N)CCn1c2c(c3cc(CC)ccc31)CN(C)CC2. The molecule has 26 heavy (non-hydrogen) atoms. The molecule has 0 saturated carbocycles. The lowest BCUT2D eigenvalue weighted by molar-refractivity contribution is 0.309. The molecule has 1 aliphatic rings. The number of fused-ring (bicyclic) bond motifs is 3. The van der Waals surface area contributed by atoms with Gasteiger partial charge in [0.25, 0.3) is 0 Å². The lowest BCUT2D eigenvalue weighted by Crippen LogP contribution is -2.27. The molecule has 2 aromatic rings. The van der Waals surface area contributed by atoms with Gasteiger partial charge in [-0.15, -0.1) is 0 Å². The molecule has 1 aromatic heterocycles. The molecule has 3 rings (SSSR count). The predicted molar refractivity (Wildman–Crippen MR) is 112 cm³/mol. The Bertz CT molecular complexity index is 870. The highest BCUT2D eigenvalue weighted by molar-refractivity contribution is 5.86. The molecule has 2 N–H and O–H groups in total. The number of likely N-dealkylation sites (N-methyl/N-ethyl adjacent to an activating group) is 1. The minimum Gasteiger partial charge on any atom is -0.403 e. The quantitative estimate of drug-likeness (QED) is 0.800. The molecule has 0 radical (unpaired) electrons. The molecular formula is C22H30N4. The molecule has 1 aliphatic heterocycles. The van der Waals surface area contributed by atoms with Gasteiger partial charge in [-0.25, -0.2) is 0 Å². The van der Waals surface area contributed by atoms with Crippen LogP contribution in [0.1, 0.15) is 37.1 Å². The molecule has 0 bridgehead atoms. The third-order valence-electron chi connectivity index (χ3n) is 5.15. The molecule has 2 heterocycles. The third-order valence-corrected chi connectivity index (χ3v) is 5.15. The fourth-order valence-corrected chi connectivity index (χ4v) is 3.72. The van der Waals surface area contributed by atoms with Gasteiger partial charge in [-0.05, 0) is 49.2 Å². The number of benzene rings is 1. The van der Waals surface area contributed by atoms with E-state index in [1.807, 2.05) is 6.92 Å². The Hall–Kier alpha value is -2.33. The van der Waals surface area contributed by atoms with Crippen LogP contribution in [-0.4, -0.2) is 29.3 Å². The molecule has 1 aromatic carbocycles. The molecule has 0 aliphatic carbocycles. The first-order valence-corrected chi connectivity index (χ1v) is 9.45. The van der Waals surface area contributed by atoms with E-state index in [1.54, 1.807) is 12.4 Å². The van der Waals surface area contributed by atoms with Gasteiger partial charge in [0, 0.05) is 61.5 Å². The predicted octanol–water partition coefficient (Wildman–Crippen LogP) is 4.03. The van der Waals surface area contributed by atoms with E-state index >= 15 is 0 Å². The first-order valence-electron chi connectivity index (χ1n) is 9.45. The fourth-order valence-electron chi connectivity index (χ4n) is 3.72. The highest BCUT2D eigenvalue weighted by Gasteiger charge is 2.22. The summed E-state index contributed by atoms with van der Waals surface area (Å²) in [5.74, 6) is 0. The van der Waals surface area contributed by atoms with E-state index in [4.69, 9.17) is 5.73 Å². The standard InChI is InChI=1S/C22H30N4/c1-5-17-6-7-21-19(12-17)20-15-25(4)10-9-22(20)26(21)11-8-18(13-23)24-14-16(2)3/h6-7,12-14H,2,5,8-11,15,23H2,1,3-4H3/b18-13-,24-14?. The van der Waals surface area contributed by atoms with Crippen molar-refractivity contribution in [2.75, 3.05) is 13.6 Å². The summed E-state index contributed by atoms with van der Waals surface area (Å²) in [6, 6.07) is 6.92. The lowest BCUT2D eigenvalue weighted by atomic mass is 10.0. The second kappa shape index (κ2) is 7.92. The van der Waals surface area contributed by atoms with Gasteiger partial charge < -0.3 is 15.2 Å². The number of aromatic nitrogens is 1. The average molecular weight is 351 g/mol. The molecule has 0 amide bonds. The van der Waals surface area contributed by atoms with E-state index in [-0.39, 0.29) is 0 Å². The van der Waals surface area contributed by atoms with E-state index < -0.39 is 0 Å². The van der Waals surface area contributed by atoms with Gasteiger partial charge in [0.1, 0.15) is 0 Å². The first-order chi connectivity index (χ1) is 12.5. The fraction of sp³-hybridized carbons (Fsp3) is 0.409. The first kappa shape index (κ1) is 18.5. The van der Waals surface area contributed by atoms with Gasteiger partial charge >= 0.3 is 0 Å².